The van der Waals surface area contributed by atoms with Gasteiger partial charge in [-0.15, -0.1) is 0 Å². The van der Waals surface area contributed by atoms with Crippen LogP contribution in [0.5, 0.6) is 0 Å². The van der Waals surface area contributed by atoms with Crippen LogP contribution in [0.2, 0.25) is 0 Å². The molecule has 0 saturated carbocycles. The molecule has 0 rings (SSSR count). The molecule has 7 nitrogen and oxygen atoms in total. The van der Waals surface area contributed by atoms with Gasteiger partial charge in [0.15, 0.2) is 0 Å². The Bertz CT molecular complexity index is 383. The van der Waals surface area contributed by atoms with Crippen molar-refractivity contribution in [2.75, 3.05) is 14.1 Å². The lowest BCUT2D eigenvalue weighted by Gasteiger charge is -2.19. The van der Waals surface area contributed by atoms with E-state index in [9.17, 15) is 4.79 Å². The van der Waals surface area contributed by atoms with Crippen molar-refractivity contribution in [3.8, 4) is 0 Å². The zero-order chi connectivity index (χ0) is 15.1. The van der Waals surface area contributed by atoms with Gasteiger partial charge in [0.25, 0.3) is 0 Å². The number of hydrogen-bond acceptors (Lipinski definition) is 4. The summed E-state index contributed by atoms with van der Waals surface area (Å²) in [5.74, 6) is -0.830. The molecule has 0 aliphatic rings. The molecule has 0 aromatic heterocycles. The summed E-state index contributed by atoms with van der Waals surface area (Å²) in [6.45, 7) is 6.08. The highest BCUT2D eigenvalue weighted by atomic mass is 32.3. The van der Waals surface area contributed by atoms with Crippen LogP contribution in [0.25, 0.3) is 0 Å². The maximum absolute atomic E-state index is 10.8. The third kappa shape index (κ3) is 20.3. The van der Waals surface area contributed by atoms with E-state index in [0.717, 1.165) is 0 Å². The topological polar surface area (TPSA) is 115 Å². The molecule has 0 aliphatic heterocycles. The minimum atomic E-state index is -4.67. The standard InChI is InChI=1S/C10H19NO2.H2O4S/c1-10(2,3)6-8(9(12)13)7-11(4)5;1-5(2,3)4/h7H,6H2,1-5H3,(H,12,13);(H2,1,2,3,4). The van der Waals surface area contributed by atoms with E-state index in [2.05, 4.69) is 0 Å². The Morgan fingerprint density at radius 1 is 1.22 bits per heavy atom. The van der Waals surface area contributed by atoms with Crippen molar-refractivity contribution < 1.29 is 27.4 Å². The summed E-state index contributed by atoms with van der Waals surface area (Å²) in [5.41, 5.74) is 0.470. The van der Waals surface area contributed by atoms with Crippen LogP contribution in [0.3, 0.4) is 0 Å². The van der Waals surface area contributed by atoms with Gasteiger partial charge >= 0.3 is 16.4 Å². The Hall–Kier alpha value is -1.12. The van der Waals surface area contributed by atoms with Crippen molar-refractivity contribution in [3.63, 3.8) is 0 Å². The summed E-state index contributed by atoms with van der Waals surface area (Å²) in [6, 6.07) is 0. The van der Waals surface area contributed by atoms with E-state index in [1.54, 1.807) is 11.1 Å². The predicted octanol–water partition coefficient (Wildman–Crippen LogP) is 1.30. The molecule has 0 unspecified atom stereocenters. The van der Waals surface area contributed by atoms with Crippen LogP contribution in [0.15, 0.2) is 11.8 Å². The highest BCUT2D eigenvalue weighted by Gasteiger charge is 2.17. The molecule has 0 bridgehead atoms. The lowest BCUT2D eigenvalue weighted by atomic mass is 9.88. The Morgan fingerprint density at radius 2 is 1.56 bits per heavy atom. The molecule has 18 heavy (non-hydrogen) atoms. The highest BCUT2D eigenvalue weighted by molar-refractivity contribution is 7.79. The largest absolute Gasteiger partial charge is 0.478 e. The first-order valence-electron chi connectivity index (χ1n) is 5.02. The third-order valence-corrected chi connectivity index (χ3v) is 1.41. The van der Waals surface area contributed by atoms with Crippen LogP contribution in [0.1, 0.15) is 27.2 Å². The molecular formula is C10H21NO6S. The summed E-state index contributed by atoms with van der Waals surface area (Å²) in [6.07, 6.45) is 2.24. The summed E-state index contributed by atoms with van der Waals surface area (Å²) >= 11 is 0. The van der Waals surface area contributed by atoms with Crippen LogP contribution >= 0.6 is 0 Å². The van der Waals surface area contributed by atoms with Crippen LogP contribution in [0.4, 0.5) is 0 Å². The van der Waals surface area contributed by atoms with Crippen molar-refractivity contribution in [3.05, 3.63) is 11.8 Å². The summed E-state index contributed by atoms with van der Waals surface area (Å²) in [7, 11) is -1.02. The van der Waals surface area contributed by atoms with Crippen molar-refractivity contribution in [1.82, 2.24) is 4.90 Å². The molecule has 3 N–H and O–H groups in total. The molecule has 0 fully saturated rings. The average Bonchev–Trinajstić information content (AvgIpc) is 1.95. The quantitative estimate of drug-likeness (QED) is 0.528. The van der Waals surface area contributed by atoms with Crippen molar-refractivity contribution in [1.29, 1.82) is 0 Å². The van der Waals surface area contributed by atoms with Crippen LogP contribution < -0.4 is 0 Å². The molecule has 0 atom stereocenters. The minimum Gasteiger partial charge on any atom is -0.478 e. The van der Waals surface area contributed by atoms with Gasteiger partial charge in [0.1, 0.15) is 0 Å². The Labute approximate surface area is 108 Å². The van der Waals surface area contributed by atoms with Crippen LogP contribution in [0, 0.1) is 5.41 Å². The second kappa shape index (κ2) is 7.34. The zero-order valence-electron chi connectivity index (χ0n) is 11.2. The van der Waals surface area contributed by atoms with E-state index in [4.69, 9.17) is 22.6 Å². The van der Waals surface area contributed by atoms with Gasteiger partial charge in [0.2, 0.25) is 0 Å². The maximum Gasteiger partial charge on any atom is 0.394 e. The van der Waals surface area contributed by atoms with E-state index in [1.807, 2.05) is 34.9 Å². The Balaban J connectivity index is 0. The molecule has 8 heteroatoms. The van der Waals surface area contributed by atoms with Gasteiger partial charge in [-0.25, -0.2) is 4.79 Å². The summed E-state index contributed by atoms with van der Waals surface area (Å²) < 4.78 is 31.6. The lowest BCUT2D eigenvalue weighted by Crippen LogP contribution is -2.15. The molecule has 0 aliphatic carbocycles. The van der Waals surface area contributed by atoms with Gasteiger partial charge < -0.3 is 10.0 Å². The molecule has 0 aromatic carbocycles. The molecule has 108 valence electrons. The molecule has 0 amide bonds. The molecular weight excluding hydrogens is 262 g/mol. The fraction of sp³-hybridized carbons (Fsp3) is 0.700. The third-order valence-electron chi connectivity index (χ3n) is 1.41. The Morgan fingerprint density at radius 3 is 1.72 bits per heavy atom. The molecule has 0 radical (unpaired) electrons. The Kier molecular flexibility index (Phi) is 7.84. The van der Waals surface area contributed by atoms with Gasteiger partial charge in [-0.1, -0.05) is 20.8 Å². The van der Waals surface area contributed by atoms with E-state index in [0.29, 0.717) is 12.0 Å². The monoisotopic (exact) mass is 283 g/mol. The van der Waals surface area contributed by atoms with Crippen LogP contribution in [-0.2, 0) is 15.2 Å². The number of carboxylic acids is 1. The number of rotatable bonds is 3. The number of carboxylic acid groups (broad SMARTS) is 1. The summed E-state index contributed by atoms with van der Waals surface area (Å²) in [4.78, 5) is 12.6. The van der Waals surface area contributed by atoms with Gasteiger partial charge in [0, 0.05) is 20.3 Å². The number of hydrogen-bond donors (Lipinski definition) is 3. The lowest BCUT2D eigenvalue weighted by molar-refractivity contribution is -0.133. The smallest absolute Gasteiger partial charge is 0.394 e. The number of nitrogens with zero attached hydrogens (tertiary/aromatic N) is 1. The first-order chi connectivity index (χ1) is 7.72. The van der Waals surface area contributed by atoms with E-state index >= 15 is 0 Å². The first kappa shape index (κ1) is 19.2. The predicted molar refractivity (Wildman–Crippen MR) is 67.7 cm³/mol. The zero-order valence-corrected chi connectivity index (χ0v) is 12.0. The van der Waals surface area contributed by atoms with Gasteiger partial charge in [0.05, 0.1) is 5.57 Å². The second-order valence-electron chi connectivity index (χ2n) is 5.11. The SMILES string of the molecule is CN(C)C=C(CC(C)(C)C)C(=O)O.O=S(=O)(O)O. The van der Waals surface area contributed by atoms with Crippen molar-refractivity contribution in [2.45, 2.75) is 27.2 Å². The maximum atomic E-state index is 10.8. The van der Waals surface area contributed by atoms with E-state index in [1.165, 1.54) is 0 Å². The second-order valence-corrected chi connectivity index (χ2v) is 6.00. The summed E-state index contributed by atoms with van der Waals surface area (Å²) in [5, 5.41) is 8.89. The van der Waals surface area contributed by atoms with Gasteiger partial charge in [-0.05, 0) is 11.8 Å². The first-order valence-corrected chi connectivity index (χ1v) is 6.42. The van der Waals surface area contributed by atoms with Gasteiger partial charge in [-0.2, -0.15) is 8.42 Å². The van der Waals surface area contributed by atoms with E-state index < -0.39 is 16.4 Å². The number of aliphatic carboxylic acids is 1. The molecule has 0 spiro atoms. The fourth-order valence-electron chi connectivity index (χ4n) is 1.06. The average molecular weight is 283 g/mol. The van der Waals surface area contributed by atoms with Crippen molar-refractivity contribution >= 4 is 16.4 Å². The normalized spacial score (nSPS) is 12.5. The molecule has 0 aromatic rings. The van der Waals surface area contributed by atoms with E-state index in [-0.39, 0.29) is 5.41 Å². The molecule has 0 saturated heterocycles. The number of carbonyl (C=O) groups is 1. The highest BCUT2D eigenvalue weighted by Crippen LogP contribution is 2.24. The van der Waals surface area contributed by atoms with Crippen LogP contribution in [-0.4, -0.2) is 47.6 Å². The minimum absolute atomic E-state index is 0.0141. The van der Waals surface area contributed by atoms with Gasteiger partial charge in [-0.3, -0.25) is 9.11 Å². The van der Waals surface area contributed by atoms with Crippen molar-refractivity contribution in [2.24, 2.45) is 5.41 Å². The fourth-order valence-corrected chi connectivity index (χ4v) is 1.06. The molecule has 0 heterocycles.